The molecule has 172 valence electrons. The van der Waals surface area contributed by atoms with Gasteiger partial charge in [0.05, 0.1) is 21.3 Å². The first-order valence-electron chi connectivity index (χ1n) is 10.5. The van der Waals surface area contributed by atoms with Crippen molar-refractivity contribution in [2.24, 2.45) is 0 Å². The zero-order valence-electron chi connectivity index (χ0n) is 17.9. The molecular weight excluding hydrogens is 468 g/mol. The van der Waals surface area contributed by atoms with Gasteiger partial charge in [-0.3, -0.25) is 9.59 Å². The SMILES string of the molecule is CN1CCC(Oc2ccc(CC(=O)c3cc(C(=O)c4c(Cl)ccc(Cl)c4F)c[nH]3)cn2)CC1. The van der Waals surface area contributed by atoms with Gasteiger partial charge in [0.2, 0.25) is 5.88 Å². The maximum atomic E-state index is 14.3. The molecular formula is C24H22Cl2FN3O3. The Hall–Kier alpha value is -2.74. The minimum absolute atomic E-state index is 0.0513. The Morgan fingerprint density at radius 3 is 2.61 bits per heavy atom. The van der Waals surface area contributed by atoms with E-state index in [9.17, 15) is 14.0 Å². The third-order valence-corrected chi connectivity index (χ3v) is 6.24. The molecule has 0 spiro atoms. The van der Waals surface area contributed by atoms with E-state index in [4.69, 9.17) is 27.9 Å². The Labute approximate surface area is 200 Å². The van der Waals surface area contributed by atoms with E-state index in [2.05, 4.69) is 21.9 Å². The van der Waals surface area contributed by atoms with Crippen molar-refractivity contribution in [3.63, 3.8) is 0 Å². The molecule has 0 aliphatic carbocycles. The fraction of sp³-hybridized carbons (Fsp3) is 0.292. The summed E-state index contributed by atoms with van der Waals surface area (Å²) in [6, 6.07) is 7.57. The maximum Gasteiger partial charge on any atom is 0.213 e. The van der Waals surface area contributed by atoms with Crippen LogP contribution in [0.25, 0.3) is 0 Å². The van der Waals surface area contributed by atoms with Crippen LogP contribution in [-0.4, -0.2) is 52.7 Å². The number of hydrogen-bond donors (Lipinski definition) is 1. The highest BCUT2D eigenvalue weighted by molar-refractivity contribution is 6.37. The van der Waals surface area contributed by atoms with Crippen molar-refractivity contribution in [3.05, 3.63) is 81.0 Å². The molecule has 1 aliphatic heterocycles. The molecule has 1 fully saturated rings. The monoisotopic (exact) mass is 489 g/mol. The van der Waals surface area contributed by atoms with Crippen molar-refractivity contribution in [3.8, 4) is 5.88 Å². The Bertz CT molecular complexity index is 1170. The number of piperidine rings is 1. The van der Waals surface area contributed by atoms with Gasteiger partial charge in [-0.15, -0.1) is 0 Å². The number of nitrogens with zero attached hydrogens (tertiary/aromatic N) is 2. The number of H-pyrrole nitrogens is 1. The van der Waals surface area contributed by atoms with Gasteiger partial charge in [-0.1, -0.05) is 29.3 Å². The Morgan fingerprint density at radius 2 is 1.91 bits per heavy atom. The number of aromatic nitrogens is 2. The van der Waals surface area contributed by atoms with E-state index in [1.54, 1.807) is 18.3 Å². The number of benzene rings is 1. The molecule has 4 rings (SSSR count). The number of rotatable bonds is 7. The zero-order chi connectivity index (χ0) is 23.5. The second-order valence-corrected chi connectivity index (χ2v) is 8.89. The van der Waals surface area contributed by atoms with Crippen molar-refractivity contribution in [2.75, 3.05) is 20.1 Å². The first kappa shape index (κ1) is 23.4. The molecule has 1 saturated heterocycles. The fourth-order valence-corrected chi connectivity index (χ4v) is 4.09. The van der Waals surface area contributed by atoms with Crippen LogP contribution in [0, 0.1) is 5.82 Å². The molecule has 0 radical (unpaired) electrons. The zero-order valence-corrected chi connectivity index (χ0v) is 19.4. The molecule has 3 heterocycles. The van der Waals surface area contributed by atoms with E-state index in [-0.39, 0.29) is 45.2 Å². The maximum absolute atomic E-state index is 14.3. The molecule has 6 nitrogen and oxygen atoms in total. The number of Topliss-reactive ketones (excluding diaryl/α,β-unsaturated/α-hetero) is 1. The molecule has 0 amide bonds. The quantitative estimate of drug-likeness (QED) is 0.373. The van der Waals surface area contributed by atoms with E-state index < -0.39 is 11.6 Å². The Morgan fingerprint density at radius 1 is 1.18 bits per heavy atom. The molecule has 33 heavy (non-hydrogen) atoms. The second kappa shape index (κ2) is 10.0. The van der Waals surface area contributed by atoms with Crippen molar-refractivity contribution in [1.29, 1.82) is 0 Å². The van der Waals surface area contributed by atoms with Gasteiger partial charge in [0.15, 0.2) is 17.4 Å². The number of ketones is 2. The third-order valence-electron chi connectivity index (χ3n) is 5.63. The number of carbonyl (C=O) groups excluding carboxylic acids is 2. The Kier molecular flexibility index (Phi) is 7.12. The van der Waals surface area contributed by atoms with E-state index >= 15 is 0 Å². The minimum atomic E-state index is -0.892. The van der Waals surface area contributed by atoms with Gasteiger partial charge in [-0.25, -0.2) is 9.37 Å². The number of carbonyl (C=O) groups is 2. The highest BCUT2D eigenvalue weighted by Gasteiger charge is 2.22. The highest BCUT2D eigenvalue weighted by Crippen LogP contribution is 2.28. The molecule has 2 aromatic heterocycles. The van der Waals surface area contributed by atoms with Crippen LogP contribution < -0.4 is 4.74 Å². The summed E-state index contributed by atoms with van der Waals surface area (Å²) in [4.78, 5) is 34.8. The van der Waals surface area contributed by atoms with Gasteiger partial charge in [-0.05, 0) is 43.7 Å². The largest absolute Gasteiger partial charge is 0.474 e. The van der Waals surface area contributed by atoms with Gasteiger partial charge >= 0.3 is 0 Å². The number of hydrogen-bond acceptors (Lipinski definition) is 5. The number of likely N-dealkylation sites (tertiary alicyclic amines) is 1. The lowest BCUT2D eigenvalue weighted by molar-refractivity contribution is 0.0987. The van der Waals surface area contributed by atoms with Crippen molar-refractivity contribution in [1.82, 2.24) is 14.9 Å². The smallest absolute Gasteiger partial charge is 0.213 e. The van der Waals surface area contributed by atoms with Gasteiger partial charge in [0.25, 0.3) is 0 Å². The van der Waals surface area contributed by atoms with Gasteiger partial charge in [-0.2, -0.15) is 0 Å². The lowest BCUT2D eigenvalue weighted by atomic mass is 10.0. The summed E-state index contributed by atoms with van der Waals surface area (Å²) < 4.78 is 20.2. The van der Waals surface area contributed by atoms with Crippen LogP contribution in [0.3, 0.4) is 0 Å². The summed E-state index contributed by atoms with van der Waals surface area (Å²) in [7, 11) is 2.09. The first-order chi connectivity index (χ1) is 15.8. The van der Waals surface area contributed by atoms with Gasteiger partial charge in [0.1, 0.15) is 6.10 Å². The van der Waals surface area contributed by atoms with Crippen molar-refractivity contribution < 1.29 is 18.7 Å². The number of aromatic amines is 1. The van der Waals surface area contributed by atoms with E-state index in [1.807, 2.05) is 0 Å². The molecule has 0 bridgehead atoms. The van der Waals surface area contributed by atoms with Crippen LogP contribution in [0.4, 0.5) is 4.39 Å². The molecule has 9 heteroatoms. The summed E-state index contributed by atoms with van der Waals surface area (Å²) >= 11 is 11.8. The lowest BCUT2D eigenvalue weighted by Crippen LogP contribution is -2.35. The Balaban J connectivity index is 1.40. The predicted octanol–water partition coefficient (Wildman–Crippen LogP) is 4.99. The van der Waals surface area contributed by atoms with Crippen molar-refractivity contribution in [2.45, 2.75) is 25.4 Å². The summed E-state index contributed by atoms with van der Waals surface area (Å²) in [6.45, 7) is 1.99. The van der Waals surface area contributed by atoms with Crippen molar-refractivity contribution >= 4 is 34.8 Å². The van der Waals surface area contributed by atoms with E-state index in [0.717, 1.165) is 25.9 Å². The first-order valence-corrected chi connectivity index (χ1v) is 11.3. The molecule has 3 aromatic rings. The van der Waals surface area contributed by atoms with Crippen LogP contribution in [-0.2, 0) is 6.42 Å². The van der Waals surface area contributed by atoms with Crippen LogP contribution >= 0.6 is 23.2 Å². The number of nitrogens with one attached hydrogen (secondary N) is 1. The fourth-order valence-electron chi connectivity index (χ4n) is 3.71. The van der Waals surface area contributed by atoms with Gasteiger partial charge in [0, 0.05) is 43.5 Å². The van der Waals surface area contributed by atoms with Gasteiger partial charge < -0.3 is 14.6 Å². The van der Waals surface area contributed by atoms with Crippen LogP contribution in [0.15, 0.2) is 42.7 Å². The predicted molar refractivity (Wildman–Crippen MR) is 124 cm³/mol. The molecule has 1 aliphatic rings. The highest BCUT2D eigenvalue weighted by atomic mass is 35.5. The van der Waals surface area contributed by atoms with Crippen LogP contribution in [0.5, 0.6) is 5.88 Å². The minimum Gasteiger partial charge on any atom is -0.474 e. The average molecular weight is 490 g/mol. The molecule has 0 unspecified atom stereocenters. The van der Waals surface area contributed by atoms with E-state index in [0.29, 0.717) is 11.4 Å². The topological polar surface area (TPSA) is 75.3 Å². The standard InChI is InChI=1S/C24H22Cl2FN3O3/c1-30-8-6-16(7-9-30)33-21-5-2-14(12-29-21)10-20(31)19-11-15(13-28-19)24(32)22-17(25)3-4-18(26)23(22)27/h2-5,11-13,16,28H,6-10H2,1H3. The number of pyridine rings is 1. The molecule has 0 saturated carbocycles. The third kappa shape index (κ3) is 5.43. The normalized spacial score (nSPS) is 14.9. The summed E-state index contributed by atoms with van der Waals surface area (Å²) in [5, 5.41) is -0.255. The molecule has 0 atom stereocenters. The summed E-state index contributed by atoms with van der Waals surface area (Å²) in [6.07, 6.45) is 5.10. The number of halogens is 3. The molecule has 1 aromatic carbocycles. The lowest BCUT2D eigenvalue weighted by Gasteiger charge is -2.28. The average Bonchev–Trinajstić information content (AvgIpc) is 3.30. The van der Waals surface area contributed by atoms with Crippen LogP contribution in [0.2, 0.25) is 10.0 Å². The van der Waals surface area contributed by atoms with Crippen LogP contribution in [0.1, 0.15) is 44.8 Å². The molecule has 1 N–H and O–H groups in total. The summed E-state index contributed by atoms with van der Waals surface area (Å²) in [5.41, 5.74) is 0.721. The van der Waals surface area contributed by atoms with E-state index in [1.165, 1.54) is 24.4 Å². The second-order valence-electron chi connectivity index (χ2n) is 8.07. The number of ether oxygens (including phenoxy) is 1. The summed E-state index contributed by atoms with van der Waals surface area (Å²) in [5.74, 6) is -1.25.